The molecule has 20 heavy (non-hydrogen) atoms. The number of nitrogens with zero attached hydrogens (tertiary/aromatic N) is 2. The van der Waals surface area contributed by atoms with Crippen LogP contribution in [-0.4, -0.2) is 36.8 Å². The molecule has 1 N–H and O–H groups in total. The number of anilines is 1. The second-order valence-electron chi connectivity index (χ2n) is 6.52. The smallest absolute Gasteiger partial charge is 0.213 e. The van der Waals surface area contributed by atoms with E-state index < -0.39 is 0 Å². The summed E-state index contributed by atoms with van der Waals surface area (Å²) in [6.45, 7) is 12.6. The quantitative estimate of drug-likeness (QED) is 0.898. The molecular weight excluding hydrogens is 250 g/mol. The number of ether oxygens (including phenoxy) is 1. The molecule has 1 saturated heterocycles. The van der Waals surface area contributed by atoms with Crippen molar-refractivity contribution in [3.63, 3.8) is 0 Å². The van der Waals surface area contributed by atoms with Gasteiger partial charge in [0.25, 0.3) is 0 Å². The van der Waals surface area contributed by atoms with Crippen molar-refractivity contribution >= 4 is 5.69 Å². The fourth-order valence-electron chi connectivity index (χ4n) is 2.48. The highest BCUT2D eigenvalue weighted by atomic mass is 16.5. The Labute approximate surface area is 122 Å². The number of nitrogens with one attached hydrogen (secondary N) is 1. The van der Waals surface area contributed by atoms with E-state index in [4.69, 9.17) is 4.74 Å². The summed E-state index contributed by atoms with van der Waals surface area (Å²) >= 11 is 0. The van der Waals surface area contributed by atoms with Crippen LogP contribution in [0.1, 0.15) is 34.1 Å². The Bertz CT molecular complexity index is 411. The van der Waals surface area contributed by atoms with Gasteiger partial charge in [-0.25, -0.2) is 4.98 Å². The van der Waals surface area contributed by atoms with E-state index in [0.29, 0.717) is 12.5 Å². The summed E-state index contributed by atoms with van der Waals surface area (Å²) in [6.07, 6.45) is 3.17. The van der Waals surface area contributed by atoms with Crippen LogP contribution in [0.4, 0.5) is 5.69 Å². The minimum atomic E-state index is 0.202. The lowest BCUT2D eigenvalue weighted by Crippen LogP contribution is -2.39. The molecule has 1 unspecified atom stereocenters. The molecule has 0 aromatic carbocycles. The van der Waals surface area contributed by atoms with Gasteiger partial charge in [0.15, 0.2) is 0 Å². The zero-order valence-electron chi connectivity index (χ0n) is 13.1. The summed E-state index contributed by atoms with van der Waals surface area (Å²) in [7, 11) is 0. The van der Waals surface area contributed by atoms with Crippen molar-refractivity contribution in [2.75, 3.05) is 31.1 Å². The minimum absolute atomic E-state index is 0.202. The summed E-state index contributed by atoms with van der Waals surface area (Å²) in [5.41, 5.74) is 1.40. The summed E-state index contributed by atoms with van der Waals surface area (Å²) in [6, 6.07) is 4.07. The SMILES string of the molecule is CCOc1ccc(N2CCC(CNC(C)(C)C)C2)cn1. The molecule has 1 aromatic heterocycles. The van der Waals surface area contributed by atoms with Crippen LogP contribution in [0.5, 0.6) is 5.88 Å². The van der Waals surface area contributed by atoms with Gasteiger partial charge in [0, 0.05) is 31.2 Å². The van der Waals surface area contributed by atoms with Gasteiger partial charge in [-0.15, -0.1) is 0 Å². The van der Waals surface area contributed by atoms with Gasteiger partial charge in [-0.2, -0.15) is 0 Å². The second kappa shape index (κ2) is 6.44. The largest absolute Gasteiger partial charge is 0.478 e. The molecule has 4 heteroatoms. The number of hydrogen-bond acceptors (Lipinski definition) is 4. The summed E-state index contributed by atoms with van der Waals surface area (Å²) in [4.78, 5) is 6.76. The lowest BCUT2D eigenvalue weighted by atomic mass is 10.1. The van der Waals surface area contributed by atoms with Crippen molar-refractivity contribution in [3.8, 4) is 5.88 Å². The molecule has 1 aromatic rings. The number of aromatic nitrogens is 1. The van der Waals surface area contributed by atoms with Crippen LogP contribution < -0.4 is 15.0 Å². The van der Waals surface area contributed by atoms with E-state index in [9.17, 15) is 0 Å². The predicted octanol–water partition coefficient (Wildman–Crippen LogP) is 2.69. The molecule has 0 bridgehead atoms. The zero-order valence-corrected chi connectivity index (χ0v) is 13.1. The average Bonchev–Trinajstić information content (AvgIpc) is 2.86. The maximum absolute atomic E-state index is 5.38. The lowest BCUT2D eigenvalue weighted by molar-refractivity contribution is 0.327. The Morgan fingerprint density at radius 3 is 2.80 bits per heavy atom. The second-order valence-corrected chi connectivity index (χ2v) is 6.52. The summed E-state index contributed by atoms with van der Waals surface area (Å²) in [5, 5.41) is 3.60. The minimum Gasteiger partial charge on any atom is -0.478 e. The molecule has 2 heterocycles. The van der Waals surface area contributed by atoms with Crippen LogP contribution in [0, 0.1) is 5.92 Å². The van der Waals surface area contributed by atoms with Gasteiger partial charge < -0.3 is 15.0 Å². The van der Waals surface area contributed by atoms with Crippen LogP contribution >= 0.6 is 0 Å². The fraction of sp³-hybridized carbons (Fsp3) is 0.688. The monoisotopic (exact) mass is 277 g/mol. The van der Waals surface area contributed by atoms with E-state index in [1.165, 1.54) is 12.1 Å². The summed E-state index contributed by atoms with van der Waals surface area (Å²) in [5.74, 6) is 1.43. The van der Waals surface area contributed by atoms with Crippen molar-refractivity contribution in [1.82, 2.24) is 10.3 Å². The third-order valence-corrected chi connectivity index (χ3v) is 3.59. The maximum atomic E-state index is 5.38. The first kappa shape index (κ1) is 15.1. The first-order chi connectivity index (χ1) is 9.48. The van der Waals surface area contributed by atoms with E-state index in [2.05, 4.69) is 42.0 Å². The molecule has 1 atom stereocenters. The Kier molecular flexibility index (Phi) is 4.86. The molecule has 0 radical (unpaired) electrons. The number of pyridine rings is 1. The molecule has 0 saturated carbocycles. The van der Waals surface area contributed by atoms with Crippen molar-refractivity contribution < 1.29 is 4.74 Å². The molecular formula is C16H27N3O. The van der Waals surface area contributed by atoms with Crippen molar-refractivity contribution in [3.05, 3.63) is 18.3 Å². The molecule has 0 amide bonds. The maximum Gasteiger partial charge on any atom is 0.213 e. The molecule has 1 aliphatic heterocycles. The third-order valence-electron chi connectivity index (χ3n) is 3.59. The fourth-order valence-corrected chi connectivity index (χ4v) is 2.48. The van der Waals surface area contributed by atoms with Crippen LogP contribution in [0.25, 0.3) is 0 Å². The average molecular weight is 277 g/mol. The topological polar surface area (TPSA) is 37.4 Å². The van der Waals surface area contributed by atoms with Gasteiger partial charge in [0.1, 0.15) is 0 Å². The predicted molar refractivity (Wildman–Crippen MR) is 83.5 cm³/mol. The van der Waals surface area contributed by atoms with Crippen LogP contribution in [0.15, 0.2) is 18.3 Å². The molecule has 0 aliphatic carbocycles. The molecule has 1 aliphatic rings. The lowest BCUT2D eigenvalue weighted by Gasteiger charge is -2.23. The van der Waals surface area contributed by atoms with E-state index >= 15 is 0 Å². The van der Waals surface area contributed by atoms with Gasteiger partial charge >= 0.3 is 0 Å². The van der Waals surface area contributed by atoms with Crippen molar-refractivity contribution in [2.24, 2.45) is 5.92 Å². The van der Waals surface area contributed by atoms with Crippen molar-refractivity contribution in [1.29, 1.82) is 0 Å². The zero-order chi connectivity index (χ0) is 14.6. The standard InChI is InChI=1S/C16H27N3O/c1-5-20-15-7-6-14(11-17-15)19-9-8-13(12-19)10-18-16(2,3)4/h6-7,11,13,18H,5,8-10,12H2,1-4H3. The van der Waals surface area contributed by atoms with E-state index in [1.54, 1.807) is 0 Å². The molecule has 4 nitrogen and oxygen atoms in total. The van der Waals surface area contributed by atoms with E-state index in [1.807, 2.05) is 19.2 Å². The first-order valence-electron chi connectivity index (χ1n) is 7.57. The third kappa shape index (κ3) is 4.37. The van der Waals surface area contributed by atoms with Gasteiger partial charge in [-0.3, -0.25) is 0 Å². The number of hydrogen-bond donors (Lipinski definition) is 1. The van der Waals surface area contributed by atoms with Crippen LogP contribution in [0.2, 0.25) is 0 Å². The molecule has 2 rings (SSSR count). The van der Waals surface area contributed by atoms with Gasteiger partial charge in [-0.1, -0.05) is 0 Å². The van der Waals surface area contributed by atoms with Crippen LogP contribution in [-0.2, 0) is 0 Å². The summed E-state index contributed by atoms with van der Waals surface area (Å²) < 4.78 is 5.38. The van der Waals surface area contributed by atoms with E-state index in [-0.39, 0.29) is 5.54 Å². The van der Waals surface area contributed by atoms with Crippen molar-refractivity contribution in [2.45, 2.75) is 39.7 Å². The van der Waals surface area contributed by atoms with Crippen LogP contribution in [0.3, 0.4) is 0 Å². The van der Waals surface area contributed by atoms with Gasteiger partial charge in [-0.05, 0) is 46.1 Å². The first-order valence-corrected chi connectivity index (χ1v) is 7.57. The molecule has 0 spiro atoms. The highest BCUT2D eigenvalue weighted by Crippen LogP contribution is 2.24. The normalized spacial score (nSPS) is 19.4. The Hall–Kier alpha value is -1.29. The Morgan fingerprint density at radius 1 is 1.40 bits per heavy atom. The highest BCUT2D eigenvalue weighted by Gasteiger charge is 2.24. The molecule has 112 valence electrons. The van der Waals surface area contributed by atoms with Gasteiger partial charge in [0.05, 0.1) is 18.5 Å². The van der Waals surface area contributed by atoms with E-state index in [0.717, 1.165) is 25.6 Å². The Balaban J connectivity index is 1.85. The van der Waals surface area contributed by atoms with Gasteiger partial charge in [0.2, 0.25) is 5.88 Å². The highest BCUT2D eigenvalue weighted by molar-refractivity contribution is 5.46. The molecule has 1 fully saturated rings. The Morgan fingerprint density at radius 2 is 2.20 bits per heavy atom. The number of rotatable bonds is 5.